The Morgan fingerprint density at radius 2 is 1.68 bits per heavy atom. The number of aryl methyl sites for hydroxylation is 1. The summed E-state index contributed by atoms with van der Waals surface area (Å²) in [5, 5.41) is 7.98. The van der Waals surface area contributed by atoms with Gasteiger partial charge in [-0.25, -0.2) is 4.39 Å². The minimum Gasteiger partial charge on any atom is -0.484 e. The fraction of sp³-hybridized carbons (Fsp3) is 0.348. The molecule has 7 nitrogen and oxygen atoms in total. The summed E-state index contributed by atoms with van der Waals surface area (Å²) in [5.74, 6) is -1.24. The molecule has 1 atom stereocenters. The summed E-state index contributed by atoms with van der Waals surface area (Å²) in [6.45, 7) is 5.37. The van der Waals surface area contributed by atoms with E-state index in [0.717, 1.165) is 0 Å². The van der Waals surface area contributed by atoms with Crippen molar-refractivity contribution in [2.24, 2.45) is 5.92 Å². The lowest BCUT2D eigenvalue weighted by Crippen LogP contribution is -2.51. The van der Waals surface area contributed by atoms with Crippen molar-refractivity contribution in [2.45, 2.75) is 26.8 Å². The highest BCUT2D eigenvalue weighted by molar-refractivity contribution is 5.94. The molecule has 8 heteroatoms. The van der Waals surface area contributed by atoms with Crippen LogP contribution >= 0.6 is 0 Å². The van der Waals surface area contributed by atoms with Crippen LogP contribution in [0, 0.1) is 18.7 Å². The van der Waals surface area contributed by atoms with Gasteiger partial charge in [-0.15, -0.1) is 0 Å². The highest BCUT2D eigenvalue weighted by Gasteiger charge is 2.24. The molecule has 0 aromatic heterocycles. The summed E-state index contributed by atoms with van der Waals surface area (Å²) in [7, 11) is 0. The maximum atomic E-state index is 13.6. The van der Waals surface area contributed by atoms with Crippen molar-refractivity contribution in [3.05, 3.63) is 65.5 Å². The van der Waals surface area contributed by atoms with Crippen LogP contribution in [0.15, 0.2) is 48.5 Å². The van der Waals surface area contributed by atoms with Crippen molar-refractivity contribution < 1.29 is 23.5 Å². The van der Waals surface area contributed by atoms with E-state index < -0.39 is 23.7 Å². The number of benzene rings is 2. The first-order chi connectivity index (χ1) is 14.8. The van der Waals surface area contributed by atoms with E-state index in [2.05, 4.69) is 16.0 Å². The summed E-state index contributed by atoms with van der Waals surface area (Å²) in [6.07, 6.45) is 0. The minimum absolute atomic E-state index is 0.147. The third-order valence-electron chi connectivity index (χ3n) is 4.52. The Morgan fingerprint density at radius 3 is 2.32 bits per heavy atom. The van der Waals surface area contributed by atoms with Gasteiger partial charge in [-0.05, 0) is 42.7 Å². The van der Waals surface area contributed by atoms with Gasteiger partial charge in [0.25, 0.3) is 11.8 Å². The molecule has 0 aliphatic rings. The number of halogens is 1. The monoisotopic (exact) mass is 429 g/mol. The van der Waals surface area contributed by atoms with E-state index in [0.29, 0.717) is 11.3 Å². The second-order valence-corrected chi connectivity index (χ2v) is 7.40. The van der Waals surface area contributed by atoms with Crippen molar-refractivity contribution in [3.8, 4) is 5.75 Å². The van der Waals surface area contributed by atoms with Crippen LogP contribution in [-0.2, 0) is 9.59 Å². The Labute approximate surface area is 181 Å². The zero-order valence-electron chi connectivity index (χ0n) is 17.9. The van der Waals surface area contributed by atoms with Gasteiger partial charge in [0.1, 0.15) is 17.6 Å². The third-order valence-corrected chi connectivity index (χ3v) is 4.52. The summed E-state index contributed by atoms with van der Waals surface area (Å²) < 4.78 is 19.0. The van der Waals surface area contributed by atoms with E-state index in [1.54, 1.807) is 31.2 Å². The first-order valence-corrected chi connectivity index (χ1v) is 10.1. The van der Waals surface area contributed by atoms with E-state index in [9.17, 15) is 18.8 Å². The highest BCUT2D eigenvalue weighted by Crippen LogP contribution is 2.09. The van der Waals surface area contributed by atoms with Crippen LogP contribution in [0.4, 0.5) is 4.39 Å². The summed E-state index contributed by atoms with van der Waals surface area (Å²) in [5.41, 5.74) is 0.667. The number of carbonyl (C=O) groups is 3. The molecule has 0 aliphatic carbocycles. The molecular weight excluding hydrogens is 401 g/mol. The van der Waals surface area contributed by atoms with E-state index in [-0.39, 0.29) is 37.1 Å². The Hall–Kier alpha value is -3.42. The van der Waals surface area contributed by atoms with Gasteiger partial charge in [-0.1, -0.05) is 38.1 Å². The Bertz CT molecular complexity index is 903. The molecule has 2 aromatic rings. The fourth-order valence-electron chi connectivity index (χ4n) is 2.72. The van der Waals surface area contributed by atoms with Crippen LogP contribution in [0.3, 0.4) is 0 Å². The van der Waals surface area contributed by atoms with Gasteiger partial charge in [0.05, 0.1) is 0 Å². The number of ether oxygens (including phenoxy) is 1. The third kappa shape index (κ3) is 7.73. The Balaban J connectivity index is 1.76. The lowest BCUT2D eigenvalue weighted by molar-refractivity contribution is -0.131. The number of hydrogen-bond acceptors (Lipinski definition) is 4. The number of carbonyl (C=O) groups excluding carboxylic acids is 3. The van der Waals surface area contributed by atoms with Crippen LogP contribution in [0.5, 0.6) is 5.75 Å². The van der Waals surface area contributed by atoms with Crippen LogP contribution in [0.1, 0.15) is 29.8 Å². The predicted molar refractivity (Wildman–Crippen MR) is 115 cm³/mol. The zero-order valence-corrected chi connectivity index (χ0v) is 17.9. The second kappa shape index (κ2) is 11.7. The average molecular weight is 429 g/mol. The maximum Gasteiger partial charge on any atom is 0.258 e. The fourth-order valence-corrected chi connectivity index (χ4v) is 2.72. The summed E-state index contributed by atoms with van der Waals surface area (Å²) in [6, 6.07) is 12.4. The van der Waals surface area contributed by atoms with Crippen LogP contribution in [-0.4, -0.2) is 43.5 Å². The van der Waals surface area contributed by atoms with E-state index >= 15 is 0 Å². The van der Waals surface area contributed by atoms with E-state index in [4.69, 9.17) is 4.74 Å². The first-order valence-electron chi connectivity index (χ1n) is 10.1. The molecule has 0 aliphatic heterocycles. The topological polar surface area (TPSA) is 96.5 Å². The van der Waals surface area contributed by atoms with Crippen LogP contribution in [0.2, 0.25) is 0 Å². The van der Waals surface area contributed by atoms with Crippen molar-refractivity contribution in [3.63, 3.8) is 0 Å². The molecule has 0 radical (unpaired) electrons. The standard InChI is InChI=1S/C23H28FN3O4/c1-15(2)21(27-20(28)14-31-18-7-5-4-6-8-18)23(30)26-12-11-25-22(29)17-10-9-16(3)19(24)13-17/h4-10,13,15,21H,11-12,14H2,1-3H3,(H,25,29)(H,26,30)(H,27,28). The molecule has 166 valence electrons. The second-order valence-electron chi connectivity index (χ2n) is 7.40. The zero-order chi connectivity index (χ0) is 22.8. The molecule has 0 spiro atoms. The van der Waals surface area contributed by atoms with E-state index in [1.807, 2.05) is 19.9 Å². The maximum absolute atomic E-state index is 13.6. The summed E-state index contributed by atoms with van der Waals surface area (Å²) in [4.78, 5) is 36.7. The van der Waals surface area contributed by atoms with Gasteiger partial charge in [0.15, 0.2) is 6.61 Å². The van der Waals surface area contributed by atoms with Gasteiger partial charge in [-0.3, -0.25) is 14.4 Å². The number of nitrogens with one attached hydrogen (secondary N) is 3. The van der Waals surface area contributed by atoms with Gasteiger partial charge in [-0.2, -0.15) is 0 Å². The van der Waals surface area contributed by atoms with Gasteiger partial charge in [0.2, 0.25) is 5.91 Å². The molecule has 3 amide bonds. The molecule has 31 heavy (non-hydrogen) atoms. The minimum atomic E-state index is -0.742. The molecule has 3 N–H and O–H groups in total. The van der Waals surface area contributed by atoms with Gasteiger partial charge in [0, 0.05) is 18.7 Å². The molecule has 0 heterocycles. The smallest absolute Gasteiger partial charge is 0.258 e. The Kier molecular flexibility index (Phi) is 8.99. The van der Waals surface area contributed by atoms with Gasteiger partial charge < -0.3 is 20.7 Å². The van der Waals surface area contributed by atoms with Crippen molar-refractivity contribution >= 4 is 17.7 Å². The van der Waals surface area contributed by atoms with Crippen LogP contribution < -0.4 is 20.7 Å². The highest BCUT2D eigenvalue weighted by atomic mass is 19.1. The number of amides is 3. The van der Waals surface area contributed by atoms with Crippen LogP contribution in [0.25, 0.3) is 0 Å². The molecule has 0 saturated carbocycles. The number of rotatable bonds is 10. The molecule has 0 fully saturated rings. The molecule has 1 unspecified atom stereocenters. The predicted octanol–water partition coefficient (Wildman–Crippen LogP) is 2.20. The largest absolute Gasteiger partial charge is 0.484 e. The Morgan fingerprint density at radius 1 is 1.00 bits per heavy atom. The molecule has 0 bridgehead atoms. The van der Waals surface area contributed by atoms with Gasteiger partial charge >= 0.3 is 0 Å². The first kappa shape index (κ1) is 23.9. The van der Waals surface area contributed by atoms with E-state index in [1.165, 1.54) is 18.2 Å². The number of para-hydroxylation sites is 1. The quantitative estimate of drug-likeness (QED) is 0.505. The summed E-state index contributed by atoms with van der Waals surface area (Å²) >= 11 is 0. The molecule has 0 saturated heterocycles. The average Bonchev–Trinajstić information content (AvgIpc) is 2.75. The molecular formula is C23H28FN3O4. The molecule has 2 aromatic carbocycles. The lowest BCUT2D eigenvalue weighted by atomic mass is 10.0. The van der Waals surface area contributed by atoms with Crippen molar-refractivity contribution in [1.82, 2.24) is 16.0 Å². The van der Waals surface area contributed by atoms with Crippen molar-refractivity contribution in [2.75, 3.05) is 19.7 Å². The number of hydrogen-bond donors (Lipinski definition) is 3. The SMILES string of the molecule is Cc1ccc(C(=O)NCCNC(=O)C(NC(=O)COc2ccccc2)C(C)C)cc1F. The normalized spacial score (nSPS) is 11.5. The lowest BCUT2D eigenvalue weighted by Gasteiger charge is -2.22. The van der Waals surface area contributed by atoms with Crippen molar-refractivity contribution in [1.29, 1.82) is 0 Å². The molecule has 2 rings (SSSR count).